The average molecular weight is 346 g/mol. The number of benzene rings is 1. The highest BCUT2D eigenvalue weighted by molar-refractivity contribution is 5.97. The molecule has 7 heteroatoms. The topological polar surface area (TPSA) is 76.0 Å². The first-order valence-corrected chi connectivity index (χ1v) is 8.13. The Kier molecular flexibility index (Phi) is 5.56. The number of nitrogens with zero attached hydrogens (tertiary/aromatic N) is 2. The predicted octanol–water partition coefficient (Wildman–Crippen LogP) is 2.22. The first kappa shape index (κ1) is 18.6. The molecule has 0 radical (unpaired) electrons. The van der Waals surface area contributed by atoms with Gasteiger partial charge in [-0.1, -0.05) is 6.92 Å². The summed E-state index contributed by atoms with van der Waals surface area (Å²) >= 11 is 0. The third-order valence-electron chi connectivity index (χ3n) is 3.44. The first-order chi connectivity index (χ1) is 11.7. The van der Waals surface area contributed by atoms with Crippen LogP contribution in [0.25, 0.3) is 5.69 Å². The molecule has 0 aliphatic rings. The molecule has 0 fully saturated rings. The Morgan fingerprint density at radius 1 is 1.20 bits per heavy atom. The maximum Gasteiger partial charge on any atom is 0.255 e. The van der Waals surface area contributed by atoms with Crippen LogP contribution in [0.1, 0.15) is 43.7 Å². The van der Waals surface area contributed by atoms with Gasteiger partial charge in [0, 0.05) is 5.54 Å². The van der Waals surface area contributed by atoms with Crippen molar-refractivity contribution in [1.82, 2.24) is 20.4 Å². The molecule has 25 heavy (non-hydrogen) atoms. The van der Waals surface area contributed by atoms with Crippen molar-refractivity contribution in [3.05, 3.63) is 47.5 Å². The molecule has 0 spiro atoms. The van der Waals surface area contributed by atoms with Gasteiger partial charge in [-0.2, -0.15) is 5.10 Å². The Bertz CT molecular complexity index is 760. The zero-order valence-electron chi connectivity index (χ0n) is 14.9. The van der Waals surface area contributed by atoms with Crippen LogP contribution in [0.15, 0.2) is 30.5 Å². The molecule has 2 N–H and O–H groups in total. The number of hydrogen-bond acceptors (Lipinski definition) is 3. The second-order valence-corrected chi connectivity index (χ2v) is 6.73. The number of aromatic nitrogens is 2. The molecule has 0 saturated carbocycles. The van der Waals surface area contributed by atoms with E-state index in [0.29, 0.717) is 23.4 Å². The summed E-state index contributed by atoms with van der Waals surface area (Å²) in [7, 11) is 0. The minimum atomic E-state index is -0.366. The van der Waals surface area contributed by atoms with Crippen molar-refractivity contribution in [2.45, 2.75) is 39.7 Å². The van der Waals surface area contributed by atoms with Crippen LogP contribution >= 0.6 is 0 Å². The van der Waals surface area contributed by atoms with Crippen molar-refractivity contribution in [2.24, 2.45) is 0 Å². The lowest BCUT2D eigenvalue weighted by Gasteiger charge is -2.20. The largest absolute Gasteiger partial charge is 0.350 e. The second-order valence-electron chi connectivity index (χ2n) is 6.73. The Labute approximate surface area is 146 Å². The number of amides is 2. The molecule has 1 aromatic heterocycles. The zero-order valence-corrected chi connectivity index (χ0v) is 14.9. The van der Waals surface area contributed by atoms with Crippen molar-refractivity contribution < 1.29 is 14.0 Å². The van der Waals surface area contributed by atoms with E-state index in [9.17, 15) is 14.0 Å². The van der Waals surface area contributed by atoms with E-state index in [1.54, 1.807) is 16.8 Å². The third-order valence-corrected chi connectivity index (χ3v) is 3.44. The quantitative estimate of drug-likeness (QED) is 0.872. The van der Waals surface area contributed by atoms with Gasteiger partial charge in [0.05, 0.1) is 29.7 Å². The molecule has 2 aromatic rings. The molecule has 1 aromatic carbocycles. The van der Waals surface area contributed by atoms with E-state index >= 15 is 0 Å². The van der Waals surface area contributed by atoms with Crippen molar-refractivity contribution in [2.75, 3.05) is 6.54 Å². The van der Waals surface area contributed by atoms with Crippen LogP contribution in [0.3, 0.4) is 0 Å². The Morgan fingerprint density at radius 3 is 2.40 bits per heavy atom. The molecule has 0 unspecified atom stereocenters. The molecule has 0 bridgehead atoms. The van der Waals surface area contributed by atoms with E-state index in [0.717, 1.165) is 0 Å². The van der Waals surface area contributed by atoms with Gasteiger partial charge in [0.2, 0.25) is 5.91 Å². The van der Waals surface area contributed by atoms with Crippen molar-refractivity contribution >= 4 is 11.8 Å². The van der Waals surface area contributed by atoms with Gasteiger partial charge in [-0.25, -0.2) is 9.07 Å². The monoisotopic (exact) mass is 346 g/mol. The molecule has 1 heterocycles. The van der Waals surface area contributed by atoms with Crippen LogP contribution in [-0.2, 0) is 11.2 Å². The smallest absolute Gasteiger partial charge is 0.255 e. The summed E-state index contributed by atoms with van der Waals surface area (Å²) in [5.41, 5.74) is 1.41. The molecule has 0 saturated heterocycles. The zero-order chi connectivity index (χ0) is 18.6. The van der Waals surface area contributed by atoms with Gasteiger partial charge < -0.3 is 10.6 Å². The number of halogens is 1. The maximum absolute atomic E-state index is 13.1. The van der Waals surface area contributed by atoms with Gasteiger partial charge in [-0.15, -0.1) is 0 Å². The van der Waals surface area contributed by atoms with Crippen LogP contribution in [0.5, 0.6) is 0 Å². The van der Waals surface area contributed by atoms with Gasteiger partial charge >= 0.3 is 0 Å². The molecule has 0 aliphatic carbocycles. The van der Waals surface area contributed by atoms with Crippen LogP contribution in [0, 0.1) is 5.82 Å². The van der Waals surface area contributed by atoms with Crippen molar-refractivity contribution in [3.8, 4) is 5.69 Å². The summed E-state index contributed by atoms with van der Waals surface area (Å²) in [5.74, 6) is -0.962. The predicted molar refractivity (Wildman–Crippen MR) is 93.1 cm³/mol. The van der Waals surface area contributed by atoms with Crippen LogP contribution in [0.2, 0.25) is 0 Å². The summed E-state index contributed by atoms with van der Waals surface area (Å²) in [6.45, 7) is 7.40. The van der Waals surface area contributed by atoms with E-state index in [-0.39, 0.29) is 29.7 Å². The molecular formula is C18H23FN4O2. The van der Waals surface area contributed by atoms with Gasteiger partial charge in [0.15, 0.2) is 0 Å². The van der Waals surface area contributed by atoms with E-state index in [1.807, 2.05) is 27.7 Å². The fourth-order valence-corrected chi connectivity index (χ4v) is 2.43. The second kappa shape index (κ2) is 7.46. The maximum atomic E-state index is 13.1. The fraction of sp³-hybridized carbons (Fsp3) is 0.389. The lowest BCUT2D eigenvalue weighted by molar-refractivity contribution is -0.121. The van der Waals surface area contributed by atoms with Crippen LogP contribution in [-0.4, -0.2) is 33.7 Å². The van der Waals surface area contributed by atoms with E-state index in [2.05, 4.69) is 15.7 Å². The summed E-state index contributed by atoms with van der Waals surface area (Å²) < 4.78 is 14.7. The van der Waals surface area contributed by atoms with Crippen molar-refractivity contribution in [3.63, 3.8) is 0 Å². The Morgan fingerprint density at radius 2 is 1.84 bits per heavy atom. The fourth-order valence-electron chi connectivity index (χ4n) is 2.43. The van der Waals surface area contributed by atoms with Crippen LogP contribution < -0.4 is 10.6 Å². The van der Waals surface area contributed by atoms with Crippen LogP contribution in [0.4, 0.5) is 4.39 Å². The number of nitrogens with one attached hydrogen (secondary N) is 2. The highest BCUT2D eigenvalue weighted by Crippen LogP contribution is 2.16. The normalized spacial score (nSPS) is 11.2. The highest BCUT2D eigenvalue weighted by atomic mass is 19.1. The number of rotatable bonds is 5. The minimum Gasteiger partial charge on any atom is -0.350 e. The molecule has 134 valence electrons. The summed E-state index contributed by atoms with van der Waals surface area (Å²) in [4.78, 5) is 24.2. The molecule has 0 atom stereocenters. The Hall–Kier alpha value is -2.70. The number of carbonyl (C=O) groups excluding carboxylic acids is 2. The summed E-state index contributed by atoms with van der Waals surface area (Å²) in [6.07, 6.45) is 2.02. The van der Waals surface area contributed by atoms with E-state index in [1.165, 1.54) is 18.3 Å². The molecule has 6 nitrogen and oxygen atoms in total. The molecule has 0 aliphatic heterocycles. The lowest BCUT2D eigenvalue weighted by atomic mass is 10.1. The minimum absolute atomic E-state index is 0.110. The van der Waals surface area contributed by atoms with Gasteiger partial charge in [0.25, 0.3) is 5.91 Å². The van der Waals surface area contributed by atoms with Gasteiger partial charge in [-0.05, 0) is 51.5 Å². The van der Waals surface area contributed by atoms with E-state index in [4.69, 9.17) is 0 Å². The highest BCUT2D eigenvalue weighted by Gasteiger charge is 2.19. The summed E-state index contributed by atoms with van der Waals surface area (Å²) in [5, 5.41) is 9.61. The summed E-state index contributed by atoms with van der Waals surface area (Å²) in [6, 6.07) is 5.87. The molecule has 2 amide bonds. The Balaban J connectivity index is 2.13. The molecule has 2 rings (SSSR count). The average Bonchev–Trinajstić information content (AvgIpc) is 2.95. The first-order valence-electron chi connectivity index (χ1n) is 8.13. The standard InChI is InChI=1S/C18H23FN4O2/c1-5-15-14(17(25)20-11-16(24)22-18(2,3)4)10-21-23(15)13-8-6-12(19)7-9-13/h6-10H,5,11H2,1-4H3,(H,20,25)(H,22,24). The number of carbonyl (C=O) groups is 2. The number of hydrogen-bond donors (Lipinski definition) is 2. The lowest BCUT2D eigenvalue weighted by Crippen LogP contribution is -2.45. The SMILES string of the molecule is CCc1c(C(=O)NCC(=O)NC(C)(C)C)cnn1-c1ccc(F)cc1. The van der Waals surface area contributed by atoms with Gasteiger partial charge in [0.1, 0.15) is 5.82 Å². The van der Waals surface area contributed by atoms with E-state index < -0.39 is 0 Å². The van der Waals surface area contributed by atoms with Gasteiger partial charge in [-0.3, -0.25) is 9.59 Å². The molecular weight excluding hydrogens is 323 g/mol. The van der Waals surface area contributed by atoms with Crippen molar-refractivity contribution in [1.29, 1.82) is 0 Å². The third kappa shape index (κ3) is 4.89.